The van der Waals surface area contributed by atoms with E-state index in [0.717, 1.165) is 27.9 Å². The van der Waals surface area contributed by atoms with Gasteiger partial charge in [-0.25, -0.2) is 0 Å². The zero-order valence-corrected chi connectivity index (χ0v) is 13.0. The number of aryl methyl sites for hydroxylation is 1. The van der Waals surface area contributed by atoms with Gasteiger partial charge in [0.25, 0.3) is 0 Å². The molecule has 0 bridgehead atoms. The third-order valence-corrected chi connectivity index (χ3v) is 4.17. The van der Waals surface area contributed by atoms with Crippen LogP contribution in [0.4, 0.5) is 0 Å². The Balaban J connectivity index is 2.46. The van der Waals surface area contributed by atoms with E-state index in [9.17, 15) is 4.79 Å². The van der Waals surface area contributed by atoms with Gasteiger partial charge in [-0.3, -0.25) is 9.48 Å². The molecule has 18 heavy (non-hydrogen) atoms. The Hall–Kier alpha value is -0.940. The molecular formula is C13H15BrN2OS. The Morgan fingerprint density at radius 2 is 2.28 bits per heavy atom. The Kier molecular flexibility index (Phi) is 4.02. The van der Waals surface area contributed by atoms with Crippen LogP contribution in [0.25, 0.3) is 11.3 Å². The number of hydrogen-bond donors (Lipinski definition) is 0. The first kappa shape index (κ1) is 13.5. The molecule has 5 heteroatoms. The van der Waals surface area contributed by atoms with Crippen LogP contribution in [-0.2, 0) is 6.54 Å². The SMILES string of the molecule is Cc1sc(Br)cc1-c1nn(CC(C)C)cc1C=O. The van der Waals surface area contributed by atoms with Crippen LogP contribution in [-0.4, -0.2) is 16.1 Å². The predicted molar refractivity (Wildman–Crippen MR) is 78.2 cm³/mol. The Morgan fingerprint density at radius 3 is 2.78 bits per heavy atom. The van der Waals surface area contributed by atoms with Gasteiger partial charge in [-0.05, 0) is 34.8 Å². The molecule has 0 N–H and O–H groups in total. The van der Waals surface area contributed by atoms with E-state index in [2.05, 4.69) is 34.9 Å². The van der Waals surface area contributed by atoms with Crippen molar-refractivity contribution in [1.29, 1.82) is 0 Å². The summed E-state index contributed by atoms with van der Waals surface area (Å²) >= 11 is 5.13. The first-order valence-corrected chi connectivity index (χ1v) is 7.41. The quantitative estimate of drug-likeness (QED) is 0.791. The van der Waals surface area contributed by atoms with E-state index < -0.39 is 0 Å². The molecule has 96 valence electrons. The van der Waals surface area contributed by atoms with Crippen LogP contribution in [0.2, 0.25) is 0 Å². The summed E-state index contributed by atoms with van der Waals surface area (Å²) in [4.78, 5) is 12.3. The lowest BCUT2D eigenvalue weighted by molar-refractivity contribution is 0.112. The predicted octanol–water partition coefficient (Wildman–Crippen LogP) is 4.15. The Bertz CT molecular complexity index is 572. The van der Waals surface area contributed by atoms with Crippen LogP contribution < -0.4 is 0 Å². The number of rotatable bonds is 4. The van der Waals surface area contributed by atoms with Crippen LogP contribution >= 0.6 is 27.3 Å². The van der Waals surface area contributed by atoms with E-state index in [4.69, 9.17) is 0 Å². The highest BCUT2D eigenvalue weighted by atomic mass is 79.9. The maximum Gasteiger partial charge on any atom is 0.153 e. The van der Waals surface area contributed by atoms with Crippen LogP contribution in [0.3, 0.4) is 0 Å². The minimum absolute atomic E-state index is 0.507. The fourth-order valence-corrected chi connectivity index (χ4v) is 3.57. The molecule has 2 aromatic rings. The van der Waals surface area contributed by atoms with Crippen molar-refractivity contribution in [2.75, 3.05) is 0 Å². The molecule has 0 aliphatic rings. The third-order valence-electron chi connectivity index (χ3n) is 2.61. The summed E-state index contributed by atoms with van der Waals surface area (Å²) < 4.78 is 2.92. The normalized spacial score (nSPS) is 11.2. The number of aldehydes is 1. The van der Waals surface area contributed by atoms with E-state index >= 15 is 0 Å². The number of carbonyl (C=O) groups excluding carboxylic acids is 1. The molecule has 0 saturated heterocycles. The molecule has 2 rings (SSSR count). The van der Waals surface area contributed by atoms with E-state index in [1.807, 2.05) is 23.9 Å². The Labute approximate surface area is 119 Å². The summed E-state index contributed by atoms with van der Waals surface area (Å²) in [5, 5.41) is 4.54. The molecule has 0 aliphatic heterocycles. The summed E-state index contributed by atoms with van der Waals surface area (Å²) in [5.41, 5.74) is 2.48. The smallest absolute Gasteiger partial charge is 0.153 e. The molecule has 0 spiro atoms. The standard InChI is InChI=1S/C13H15BrN2OS/c1-8(2)5-16-6-10(7-17)13(15-16)11-4-12(14)18-9(11)3/h4,6-8H,5H2,1-3H3. The zero-order chi connectivity index (χ0) is 13.3. The third kappa shape index (κ3) is 2.72. The molecule has 2 heterocycles. The molecule has 0 unspecified atom stereocenters. The lowest BCUT2D eigenvalue weighted by Crippen LogP contribution is -2.04. The lowest BCUT2D eigenvalue weighted by atomic mass is 10.1. The number of carbonyl (C=O) groups is 1. The monoisotopic (exact) mass is 326 g/mol. The van der Waals surface area contributed by atoms with Crippen LogP contribution in [0.1, 0.15) is 29.1 Å². The summed E-state index contributed by atoms with van der Waals surface area (Å²) in [6.45, 7) is 7.13. The fourth-order valence-electron chi connectivity index (χ4n) is 1.88. The summed E-state index contributed by atoms with van der Waals surface area (Å²) in [6, 6.07) is 2.02. The van der Waals surface area contributed by atoms with Gasteiger partial charge in [0.1, 0.15) is 5.69 Å². The number of hydrogen-bond acceptors (Lipinski definition) is 3. The van der Waals surface area contributed by atoms with E-state index in [1.165, 1.54) is 4.88 Å². The van der Waals surface area contributed by atoms with Crippen molar-refractivity contribution in [3.8, 4) is 11.3 Å². The molecule has 2 aromatic heterocycles. The minimum atomic E-state index is 0.507. The van der Waals surface area contributed by atoms with Gasteiger partial charge in [0, 0.05) is 23.2 Å². The molecule has 0 atom stereocenters. The van der Waals surface area contributed by atoms with Crippen molar-refractivity contribution < 1.29 is 4.79 Å². The molecule has 0 aromatic carbocycles. The van der Waals surface area contributed by atoms with Crippen molar-refractivity contribution in [2.45, 2.75) is 27.3 Å². The highest BCUT2D eigenvalue weighted by Crippen LogP contribution is 2.34. The van der Waals surface area contributed by atoms with Crippen molar-refractivity contribution >= 4 is 33.6 Å². The minimum Gasteiger partial charge on any atom is -0.298 e. The van der Waals surface area contributed by atoms with Crippen molar-refractivity contribution in [3.05, 3.63) is 26.5 Å². The van der Waals surface area contributed by atoms with Gasteiger partial charge in [0.2, 0.25) is 0 Å². The molecular weight excluding hydrogens is 312 g/mol. The largest absolute Gasteiger partial charge is 0.298 e. The summed E-state index contributed by atoms with van der Waals surface area (Å²) in [6.07, 6.45) is 2.71. The van der Waals surface area contributed by atoms with Crippen LogP contribution in [0.15, 0.2) is 16.0 Å². The molecule has 0 fully saturated rings. The zero-order valence-electron chi connectivity index (χ0n) is 10.6. The lowest BCUT2D eigenvalue weighted by Gasteiger charge is -2.03. The molecule has 0 amide bonds. The highest BCUT2D eigenvalue weighted by molar-refractivity contribution is 9.11. The second-order valence-electron chi connectivity index (χ2n) is 4.69. The van der Waals surface area contributed by atoms with Gasteiger partial charge in [-0.15, -0.1) is 11.3 Å². The van der Waals surface area contributed by atoms with Gasteiger partial charge in [-0.2, -0.15) is 5.10 Å². The number of aromatic nitrogens is 2. The summed E-state index contributed by atoms with van der Waals surface area (Å²) in [7, 11) is 0. The summed E-state index contributed by atoms with van der Waals surface area (Å²) in [5.74, 6) is 0.507. The van der Waals surface area contributed by atoms with Crippen molar-refractivity contribution in [1.82, 2.24) is 9.78 Å². The average molecular weight is 327 g/mol. The maximum atomic E-state index is 11.2. The molecule has 0 radical (unpaired) electrons. The molecule has 0 saturated carbocycles. The van der Waals surface area contributed by atoms with Gasteiger partial charge in [-0.1, -0.05) is 13.8 Å². The van der Waals surface area contributed by atoms with Gasteiger partial charge < -0.3 is 0 Å². The van der Waals surface area contributed by atoms with Gasteiger partial charge in [0.05, 0.1) is 9.35 Å². The number of thiophene rings is 1. The topological polar surface area (TPSA) is 34.9 Å². The number of nitrogens with zero attached hydrogens (tertiary/aromatic N) is 2. The van der Waals surface area contributed by atoms with E-state index in [1.54, 1.807) is 11.3 Å². The molecule has 3 nitrogen and oxygen atoms in total. The second kappa shape index (κ2) is 5.36. The number of halogens is 1. The molecule has 0 aliphatic carbocycles. The van der Waals surface area contributed by atoms with Crippen molar-refractivity contribution in [2.24, 2.45) is 5.92 Å². The first-order chi connectivity index (χ1) is 8.51. The van der Waals surface area contributed by atoms with Gasteiger partial charge >= 0.3 is 0 Å². The highest BCUT2D eigenvalue weighted by Gasteiger charge is 2.15. The van der Waals surface area contributed by atoms with Crippen LogP contribution in [0.5, 0.6) is 0 Å². The average Bonchev–Trinajstić information content (AvgIpc) is 2.80. The van der Waals surface area contributed by atoms with E-state index in [0.29, 0.717) is 11.5 Å². The fraction of sp³-hybridized carbons (Fsp3) is 0.385. The van der Waals surface area contributed by atoms with E-state index in [-0.39, 0.29) is 0 Å². The Morgan fingerprint density at radius 1 is 1.56 bits per heavy atom. The van der Waals surface area contributed by atoms with Crippen molar-refractivity contribution in [3.63, 3.8) is 0 Å². The van der Waals surface area contributed by atoms with Gasteiger partial charge in [0.15, 0.2) is 6.29 Å². The maximum absolute atomic E-state index is 11.2. The second-order valence-corrected chi connectivity index (χ2v) is 7.32. The first-order valence-electron chi connectivity index (χ1n) is 5.80. The van der Waals surface area contributed by atoms with Crippen LogP contribution in [0, 0.1) is 12.8 Å².